The Morgan fingerprint density at radius 1 is 1.33 bits per heavy atom. The van der Waals surface area contributed by atoms with Crippen LogP contribution in [-0.2, 0) is 9.59 Å². The number of aliphatic imine (C=N–C) groups is 1. The monoisotopic (exact) mass is 167 g/mol. The van der Waals surface area contributed by atoms with Crippen molar-refractivity contribution >= 4 is 17.5 Å². The molecule has 5 heteroatoms. The molecule has 0 fully saturated rings. The summed E-state index contributed by atoms with van der Waals surface area (Å²) in [5.74, 6) is -1.23. The zero-order chi connectivity index (χ0) is 9.14. The third kappa shape index (κ3) is 1.69. The van der Waals surface area contributed by atoms with Crippen molar-refractivity contribution in [3.8, 4) is 0 Å². The molecule has 64 valence electrons. The van der Waals surface area contributed by atoms with Crippen molar-refractivity contribution in [1.29, 1.82) is 0 Å². The van der Waals surface area contributed by atoms with Gasteiger partial charge in [0.05, 0.1) is 0 Å². The van der Waals surface area contributed by atoms with E-state index in [0.717, 1.165) is 0 Å². The van der Waals surface area contributed by atoms with E-state index in [1.807, 2.05) is 0 Å². The van der Waals surface area contributed by atoms with Crippen molar-refractivity contribution in [2.24, 2.45) is 16.5 Å². The van der Waals surface area contributed by atoms with Crippen LogP contribution in [0.25, 0.3) is 0 Å². The fraction of sp³-hybridized carbons (Fsp3) is 0.286. The first kappa shape index (κ1) is 8.45. The van der Waals surface area contributed by atoms with Gasteiger partial charge in [-0.3, -0.25) is 9.59 Å². The standard InChI is InChI=1S/C7H9N3O2/c8-6(11)4-2-1-3-5(10-4)7(9)12/h2H,1,3H2,(H2,8,11)(H2,9,12). The molecule has 0 aromatic carbocycles. The minimum Gasteiger partial charge on any atom is -0.365 e. The molecular formula is C7H9N3O2. The molecule has 0 radical (unpaired) electrons. The molecule has 1 aliphatic heterocycles. The molecule has 0 saturated heterocycles. The van der Waals surface area contributed by atoms with Crippen LogP contribution in [0, 0.1) is 0 Å². The van der Waals surface area contributed by atoms with Gasteiger partial charge >= 0.3 is 0 Å². The van der Waals surface area contributed by atoms with E-state index in [0.29, 0.717) is 12.8 Å². The smallest absolute Gasteiger partial charge is 0.266 e. The first-order valence-electron chi connectivity index (χ1n) is 3.48. The van der Waals surface area contributed by atoms with Gasteiger partial charge in [0, 0.05) is 0 Å². The zero-order valence-corrected chi connectivity index (χ0v) is 6.41. The fourth-order valence-corrected chi connectivity index (χ4v) is 0.927. The molecule has 0 aromatic heterocycles. The third-order valence-electron chi connectivity index (χ3n) is 1.51. The molecule has 0 unspecified atom stereocenters. The average Bonchev–Trinajstić information content (AvgIpc) is 2.04. The molecule has 1 rings (SSSR count). The van der Waals surface area contributed by atoms with Gasteiger partial charge in [0.2, 0.25) is 0 Å². The Bertz CT molecular complexity index is 291. The topological polar surface area (TPSA) is 98.5 Å². The molecule has 5 nitrogen and oxygen atoms in total. The van der Waals surface area contributed by atoms with Crippen LogP contribution in [0.2, 0.25) is 0 Å². The zero-order valence-electron chi connectivity index (χ0n) is 6.41. The minimum atomic E-state index is -0.631. The molecule has 0 aromatic rings. The SMILES string of the molecule is NC(=O)C1=CCCC(C(N)=O)=N1. The maximum Gasteiger partial charge on any atom is 0.266 e. The van der Waals surface area contributed by atoms with E-state index in [-0.39, 0.29) is 11.4 Å². The molecule has 1 heterocycles. The minimum absolute atomic E-state index is 0.120. The van der Waals surface area contributed by atoms with Crippen LogP contribution in [0.4, 0.5) is 0 Å². The summed E-state index contributed by atoms with van der Waals surface area (Å²) in [6, 6.07) is 0. The van der Waals surface area contributed by atoms with E-state index < -0.39 is 11.8 Å². The Balaban J connectivity index is 2.88. The molecule has 1 aliphatic rings. The second-order valence-corrected chi connectivity index (χ2v) is 2.42. The van der Waals surface area contributed by atoms with Gasteiger partial charge in [-0.25, -0.2) is 4.99 Å². The van der Waals surface area contributed by atoms with Crippen LogP contribution in [0.1, 0.15) is 12.8 Å². The first-order valence-corrected chi connectivity index (χ1v) is 3.48. The van der Waals surface area contributed by atoms with Crippen LogP contribution < -0.4 is 11.5 Å². The van der Waals surface area contributed by atoms with Gasteiger partial charge in [-0.15, -0.1) is 0 Å². The number of nitrogens with zero attached hydrogens (tertiary/aromatic N) is 1. The second-order valence-electron chi connectivity index (χ2n) is 2.42. The Morgan fingerprint density at radius 3 is 2.50 bits per heavy atom. The van der Waals surface area contributed by atoms with E-state index in [2.05, 4.69) is 4.99 Å². The van der Waals surface area contributed by atoms with Crippen molar-refractivity contribution in [1.82, 2.24) is 0 Å². The highest BCUT2D eigenvalue weighted by Crippen LogP contribution is 2.09. The summed E-state index contributed by atoms with van der Waals surface area (Å²) in [4.78, 5) is 25.0. The first-order chi connectivity index (χ1) is 5.61. The van der Waals surface area contributed by atoms with Gasteiger partial charge in [0.1, 0.15) is 11.4 Å². The number of primary amides is 2. The number of carbonyl (C=O) groups excluding carboxylic acids is 2. The van der Waals surface area contributed by atoms with Crippen molar-refractivity contribution in [3.63, 3.8) is 0 Å². The normalized spacial score (nSPS) is 16.3. The Labute approximate surface area is 69.1 Å². The van der Waals surface area contributed by atoms with Crippen LogP contribution in [-0.4, -0.2) is 17.5 Å². The molecule has 0 aliphatic carbocycles. The van der Waals surface area contributed by atoms with E-state index in [4.69, 9.17) is 11.5 Å². The summed E-state index contributed by atoms with van der Waals surface area (Å²) in [7, 11) is 0. The number of hydrogen-bond donors (Lipinski definition) is 2. The highest BCUT2D eigenvalue weighted by molar-refractivity contribution is 6.39. The molecule has 0 spiro atoms. The van der Waals surface area contributed by atoms with E-state index in [9.17, 15) is 9.59 Å². The molecular weight excluding hydrogens is 158 g/mol. The average molecular weight is 167 g/mol. The number of amides is 2. The second kappa shape index (κ2) is 3.17. The Hall–Kier alpha value is -1.65. The quantitative estimate of drug-likeness (QED) is 0.555. The molecule has 4 N–H and O–H groups in total. The molecule has 2 amide bonds. The summed E-state index contributed by atoms with van der Waals surface area (Å²) in [5, 5.41) is 0. The van der Waals surface area contributed by atoms with Crippen LogP contribution in [0.5, 0.6) is 0 Å². The largest absolute Gasteiger partial charge is 0.365 e. The number of hydrogen-bond acceptors (Lipinski definition) is 3. The highest BCUT2D eigenvalue weighted by atomic mass is 16.2. The van der Waals surface area contributed by atoms with Crippen molar-refractivity contribution in [2.45, 2.75) is 12.8 Å². The number of nitrogens with two attached hydrogens (primary N) is 2. The van der Waals surface area contributed by atoms with Gasteiger partial charge in [0.15, 0.2) is 0 Å². The molecule has 0 saturated carbocycles. The number of carbonyl (C=O) groups is 2. The van der Waals surface area contributed by atoms with Crippen LogP contribution in [0.15, 0.2) is 16.8 Å². The van der Waals surface area contributed by atoms with E-state index in [1.54, 1.807) is 6.08 Å². The van der Waals surface area contributed by atoms with Gasteiger partial charge < -0.3 is 11.5 Å². The maximum atomic E-state index is 10.6. The number of rotatable bonds is 2. The lowest BCUT2D eigenvalue weighted by atomic mass is 10.1. The van der Waals surface area contributed by atoms with Gasteiger partial charge in [-0.2, -0.15) is 0 Å². The van der Waals surface area contributed by atoms with Gasteiger partial charge in [-0.05, 0) is 12.8 Å². The Kier molecular flexibility index (Phi) is 2.23. The van der Waals surface area contributed by atoms with Crippen LogP contribution in [0.3, 0.4) is 0 Å². The lowest BCUT2D eigenvalue weighted by Crippen LogP contribution is -2.26. The van der Waals surface area contributed by atoms with Crippen molar-refractivity contribution in [3.05, 3.63) is 11.8 Å². The van der Waals surface area contributed by atoms with Crippen molar-refractivity contribution in [2.75, 3.05) is 0 Å². The molecule has 0 bridgehead atoms. The molecule has 0 atom stereocenters. The highest BCUT2D eigenvalue weighted by Gasteiger charge is 2.14. The summed E-state index contributed by atoms with van der Waals surface area (Å²) >= 11 is 0. The Morgan fingerprint density at radius 2 is 2.00 bits per heavy atom. The van der Waals surface area contributed by atoms with E-state index >= 15 is 0 Å². The predicted octanol–water partition coefficient (Wildman–Crippen LogP) is -0.924. The van der Waals surface area contributed by atoms with Gasteiger partial charge in [0.25, 0.3) is 11.8 Å². The van der Waals surface area contributed by atoms with Crippen LogP contribution >= 0.6 is 0 Å². The lowest BCUT2D eigenvalue weighted by molar-refractivity contribution is -0.114. The van der Waals surface area contributed by atoms with Gasteiger partial charge in [-0.1, -0.05) is 6.08 Å². The third-order valence-corrected chi connectivity index (χ3v) is 1.51. The lowest BCUT2D eigenvalue weighted by Gasteiger charge is -2.06. The summed E-state index contributed by atoms with van der Waals surface area (Å²) in [5.41, 5.74) is 10.3. The van der Waals surface area contributed by atoms with Crippen molar-refractivity contribution < 1.29 is 9.59 Å². The molecule has 12 heavy (non-hydrogen) atoms. The summed E-state index contributed by atoms with van der Waals surface area (Å²) in [6.07, 6.45) is 2.65. The number of allylic oxidation sites excluding steroid dienone is 1. The fourth-order valence-electron chi connectivity index (χ4n) is 0.927. The summed E-state index contributed by atoms with van der Waals surface area (Å²) in [6.45, 7) is 0. The predicted molar refractivity (Wildman–Crippen MR) is 43.1 cm³/mol. The summed E-state index contributed by atoms with van der Waals surface area (Å²) < 4.78 is 0. The van der Waals surface area contributed by atoms with E-state index in [1.165, 1.54) is 0 Å². The maximum absolute atomic E-state index is 10.6.